The van der Waals surface area contributed by atoms with Gasteiger partial charge in [0.15, 0.2) is 0 Å². The van der Waals surface area contributed by atoms with E-state index in [1.165, 1.54) is 16.5 Å². The molecule has 4 rings (SSSR count). The first kappa shape index (κ1) is 20.8. The molecule has 5 nitrogen and oxygen atoms in total. The Morgan fingerprint density at radius 2 is 1.97 bits per heavy atom. The molecular formula is C25H32N2O3. The third-order valence-corrected chi connectivity index (χ3v) is 6.17. The van der Waals surface area contributed by atoms with Gasteiger partial charge < -0.3 is 24.5 Å². The molecule has 1 atom stereocenters. The SMILES string of the molecule is CCc1cccc(OCC(O)CN2CCC(c3c[nH]c4ccc(OC)cc34)CC2)c1. The van der Waals surface area contributed by atoms with Crippen LogP contribution in [0.2, 0.25) is 0 Å². The Morgan fingerprint density at radius 3 is 2.73 bits per heavy atom. The highest BCUT2D eigenvalue weighted by Crippen LogP contribution is 2.34. The van der Waals surface area contributed by atoms with Gasteiger partial charge in [-0.25, -0.2) is 0 Å². The molecule has 1 fully saturated rings. The zero-order chi connectivity index (χ0) is 20.9. The van der Waals surface area contributed by atoms with Crippen molar-refractivity contribution in [1.29, 1.82) is 0 Å². The summed E-state index contributed by atoms with van der Waals surface area (Å²) in [5.74, 6) is 2.27. The Balaban J connectivity index is 1.28. The van der Waals surface area contributed by atoms with Crippen LogP contribution in [0.3, 0.4) is 0 Å². The molecule has 0 saturated carbocycles. The van der Waals surface area contributed by atoms with Crippen LogP contribution in [0, 0.1) is 0 Å². The van der Waals surface area contributed by atoms with Gasteiger partial charge in [0.05, 0.1) is 7.11 Å². The molecule has 2 N–H and O–H groups in total. The first-order valence-electron chi connectivity index (χ1n) is 10.9. The number of piperidine rings is 1. The van der Waals surface area contributed by atoms with Crippen LogP contribution in [-0.4, -0.2) is 54.4 Å². The number of H-pyrrole nitrogens is 1. The van der Waals surface area contributed by atoms with Crippen molar-refractivity contribution < 1.29 is 14.6 Å². The summed E-state index contributed by atoms with van der Waals surface area (Å²) in [6.07, 6.45) is 4.84. The van der Waals surface area contributed by atoms with Crippen molar-refractivity contribution >= 4 is 10.9 Å². The van der Waals surface area contributed by atoms with Crippen molar-refractivity contribution in [2.45, 2.75) is 38.2 Å². The lowest BCUT2D eigenvalue weighted by Gasteiger charge is -2.33. The van der Waals surface area contributed by atoms with Crippen LogP contribution in [0.1, 0.15) is 36.8 Å². The number of β-amino-alcohol motifs (C(OH)–C–C–N with tert-alkyl or cyclic N) is 1. The van der Waals surface area contributed by atoms with Gasteiger partial charge in [-0.2, -0.15) is 0 Å². The van der Waals surface area contributed by atoms with Gasteiger partial charge >= 0.3 is 0 Å². The number of hydrogen-bond acceptors (Lipinski definition) is 4. The van der Waals surface area contributed by atoms with Crippen LogP contribution in [0.25, 0.3) is 10.9 Å². The average molecular weight is 409 g/mol. The molecule has 1 saturated heterocycles. The molecule has 0 spiro atoms. The number of hydrogen-bond donors (Lipinski definition) is 2. The van der Waals surface area contributed by atoms with E-state index in [-0.39, 0.29) is 0 Å². The number of aliphatic hydroxyl groups excluding tert-OH is 1. The molecule has 1 aliphatic heterocycles. The first-order chi connectivity index (χ1) is 14.7. The minimum absolute atomic E-state index is 0.329. The molecule has 2 aromatic carbocycles. The van der Waals surface area contributed by atoms with Crippen LogP contribution in [0.15, 0.2) is 48.7 Å². The highest BCUT2D eigenvalue weighted by atomic mass is 16.5. The summed E-state index contributed by atoms with van der Waals surface area (Å²) in [5, 5.41) is 11.7. The molecule has 0 aliphatic carbocycles. The van der Waals surface area contributed by atoms with E-state index < -0.39 is 6.10 Å². The summed E-state index contributed by atoms with van der Waals surface area (Å²) in [6.45, 7) is 5.09. The maximum Gasteiger partial charge on any atom is 0.119 e. The van der Waals surface area contributed by atoms with E-state index >= 15 is 0 Å². The fourth-order valence-corrected chi connectivity index (χ4v) is 4.41. The van der Waals surface area contributed by atoms with Gasteiger partial charge in [0.2, 0.25) is 0 Å². The number of nitrogens with one attached hydrogen (secondary N) is 1. The number of ether oxygens (including phenoxy) is 2. The number of likely N-dealkylation sites (tertiary alicyclic amines) is 1. The van der Waals surface area contributed by atoms with Gasteiger partial charge in [0, 0.05) is 23.6 Å². The Labute approximate surface area is 178 Å². The first-order valence-corrected chi connectivity index (χ1v) is 10.9. The predicted molar refractivity (Wildman–Crippen MR) is 121 cm³/mol. The number of aliphatic hydroxyl groups is 1. The van der Waals surface area contributed by atoms with Gasteiger partial charge in [0.1, 0.15) is 24.2 Å². The second-order valence-electron chi connectivity index (χ2n) is 8.20. The third kappa shape index (κ3) is 4.79. The summed E-state index contributed by atoms with van der Waals surface area (Å²) >= 11 is 0. The Bertz CT molecular complexity index is 960. The standard InChI is InChI=1S/C25H32N2O3/c1-3-18-5-4-6-22(13-18)30-17-20(28)16-27-11-9-19(10-12-27)24-15-26-25-8-7-21(29-2)14-23(24)25/h4-8,13-15,19-20,26,28H,3,9-12,16-17H2,1-2H3. The maximum absolute atomic E-state index is 10.5. The molecule has 0 bridgehead atoms. The van der Waals surface area contributed by atoms with E-state index in [1.807, 2.05) is 18.2 Å². The molecule has 5 heteroatoms. The van der Waals surface area contributed by atoms with E-state index in [9.17, 15) is 5.11 Å². The fraction of sp³-hybridized carbons (Fsp3) is 0.440. The van der Waals surface area contributed by atoms with Gasteiger partial charge in [-0.3, -0.25) is 0 Å². The third-order valence-electron chi connectivity index (χ3n) is 6.17. The van der Waals surface area contributed by atoms with Gasteiger partial charge in [0.25, 0.3) is 0 Å². The topological polar surface area (TPSA) is 57.7 Å². The molecule has 2 heterocycles. The van der Waals surface area contributed by atoms with E-state index in [0.29, 0.717) is 19.1 Å². The summed E-state index contributed by atoms with van der Waals surface area (Å²) < 4.78 is 11.2. The fourth-order valence-electron chi connectivity index (χ4n) is 4.41. The number of fused-ring (bicyclic) bond motifs is 1. The van der Waals surface area contributed by atoms with Crippen molar-refractivity contribution in [2.75, 3.05) is 33.4 Å². The van der Waals surface area contributed by atoms with Crippen molar-refractivity contribution in [3.8, 4) is 11.5 Å². The Hall–Kier alpha value is -2.50. The number of methoxy groups -OCH3 is 1. The summed E-state index contributed by atoms with van der Waals surface area (Å²) in [7, 11) is 1.71. The average Bonchev–Trinajstić information content (AvgIpc) is 3.21. The number of benzene rings is 2. The molecule has 0 radical (unpaired) electrons. The van der Waals surface area contributed by atoms with Crippen LogP contribution >= 0.6 is 0 Å². The van der Waals surface area contributed by atoms with Crippen molar-refractivity contribution in [1.82, 2.24) is 9.88 Å². The van der Waals surface area contributed by atoms with Crippen molar-refractivity contribution in [3.63, 3.8) is 0 Å². The number of rotatable bonds is 8. The molecule has 1 aromatic heterocycles. The van der Waals surface area contributed by atoms with Crippen LogP contribution < -0.4 is 9.47 Å². The Morgan fingerprint density at radius 1 is 1.13 bits per heavy atom. The number of aromatic amines is 1. The minimum atomic E-state index is -0.482. The monoisotopic (exact) mass is 408 g/mol. The molecule has 1 unspecified atom stereocenters. The van der Waals surface area contributed by atoms with Gasteiger partial charge in [-0.05, 0) is 79.7 Å². The van der Waals surface area contributed by atoms with Gasteiger partial charge in [-0.1, -0.05) is 19.1 Å². The predicted octanol–water partition coefficient (Wildman–Crippen LogP) is 4.36. The zero-order valence-electron chi connectivity index (χ0n) is 17.9. The minimum Gasteiger partial charge on any atom is -0.497 e. The molecule has 160 valence electrons. The second-order valence-corrected chi connectivity index (χ2v) is 8.20. The largest absolute Gasteiger partial charge is 0.497 e. The van der Waals surface area contributed by atoms with Crippen LogP contribution in [0.4, 0.5) is 0 Å². The van der Waals surface area contributed by atoms with Crippen LogP contribution in [0.5, 0.6) is 11.5 Å². The second kappa shape index (κ2) is 9.54. The smallest absolute Gasteiger partial charge is 0.119 e. The summed E-state index contributed by atoms with van der Waals surface area (Å²) in [5.41, 5.74) is 3.79. The lowest BCUT2D eigenvalue weighted by Crippen LogP contribution is -2.40. The highest BCUT2D eigenvalue weighted by Gasteiger charge is 2.24. The maximum atomic E-state index is 10.5. The number of aryl methyl sites for hydroxylation is 1. The Kier molecular flexibility index (Phi) is 6.60. The number of aromatic nitrogens is 1. The summed E-state index contributed by atoms with van der Waals surface area (Å²) in [6, 6.07) is 14.3. The van der Waals surface area contributed by atoms with Crippen molar-refractivity contribution in [3.05, 3.63) is 59.8 Å². The van der Waals surface area contributed by atoms with E-state index in [4.69, 9.17) is 9.47 Å². The zero-order valence-corrected chi connectivity index (χ0v) is 17.9. The lowest BCUT2D eigenvalue weighted by atomic mass is 9.89. The number of nitrogens with zero attached hydrogens (tertiary/aromatic N) is 1. The normalized spacial score (nSPS) is 16.6. The molecule has 30 heavy (non-hydrogen) atoms. The molecule has 0 amide bonds. The van der Waals surface area contributed by atoms with E-state index in [2.05, 4.69) is 47.3 Å². The lowest BCUT2D eigenvalue weighted by molar-refractivity contribution is 0.0594. The quantitative estimate of drug-likeness (QED) is 0.582. The van der Waals surface area contributed by atoms with E-state index in [0.717, 1.165) is 49.4 Å². The van der Waals surface area contributed by atoms with Crippen LogP contribution in [-0.2, 0) is 6.42 Å². The molecule has 3 aromatic rings. The molecule has 1 aliphatic rings. The highest BCUT2D eigenvalue weighted by molar-refractivity contribution is 5.85. The van der Waals surface area contributed by atoms with E-state index in [1.54, 1.807) is 7.11 Å². The van der Waals surface area contributed by atoms with Crippen molar-refractivity contribution in [2.24, 2.45) is 0 Å². The molecular weight excluding hydrogens is 376 g/mol. The van der Waals surface area contributed by atoms with Gasteiger partial charge in [-0.15, -0.1) is 0 Å². The summed E-state index contributed by atoms with van der Waals surface area (Å²) in [4.78, 5) is 5.74.